The van der Waals surface area contributed by atoms with Gasteiger partial charge in [0.15, 0.2) is 0 Å². The molecule has 3 aliphatic rings. The topological polar surface area (TPSA) is 52.3 Å². The molecule has 2 N–H and O–H groups in total. The van der Waals surface area contributed by atoms with Crippen molar-refractivity contribution in [2.45, 2.75) is 26.7 Å². The van der Waals surface area contributed by atoms with Gasteiger partial charge in [-0.25, -0.2) is 0 Å². The standard InChI is InChI=1S/C13H21NO2/c1-13(2)8-4-5-9(11(13)6-8)10(7-14)12(15)16-3/h5,8,10-11H,4,6-7,14H2,1-3H3. The summed E-state index contributed by atoms with van der Waals surface area (Å²) in [6.45, 7) is 4.95. The number of esters is 1. The maximum Gasteiger partial charge on any atom is 0.314 e. The second-order valence-electron chi connectivity index (χ2n) is 5.56. The van der Waals surface area contributed by atoms with Crippen molar-refractivity contribution in [1.29, 1.82) is 0 Å². The molecule has 0 amide bonds. The SMILES string of the molecule is COC(=O)C(CN)C1=CCC2CC1C2(C)C. The highest BCUT2D eigenvalue weighted by molar-refractivity contribution is 5.76. The molecule has 0 aliphatic heterocycles. The van der Waals surface area contributed by atoms with Gasteiger partial charge in [0.1, 0.15) is 0 Å². The zero-order valence-corrected chi connectivity index (χ0v) is 10.3. The number of methoxy groups -OCH3 is 1. The number of hydrogen-bond donors (Lipinski definition) is 1. The summed E-state index contributed by atoms with van der Waals surface area (Å²) < 4.78 is 4.83. The molecular formula is C13H21NO2. The van der Waals surface area contributed by atoms with E-state index in [2.05, 4.69) is 19.9 Å². The summed E-state index contributed by atoms with van der Waals surface area (Å²) in [5.41, 5.74) is 7.27. The fraction of sp³-hybridized carbons (Fsp3) is 0.769. The number of carbonyl (C=O) groups excluding carboxylic acids is 1. The van der Waals surface area contributed by atoms with E-state index in [1.165, 1.54) is 19.1 Å². The van der Waals surface area contributed by atoms with Crippen LogP contribution in [-0.4, -0.2) is 19.6 Å². The lowest BCUT2D eigenvalue weighted by Gasteiger charge is -2.57. The molecule has 0 aromatic heterocycles. The average Bonchev–Trinajstić information content (AvgIpc) is 2.29. The van der Waals surface area contributed by atoms with Gasteiger partial charge in [0.05, 0.1) is 13.0 Å². The Hall–Kier alpha value is -0.830. The molecule has 2 bridgehead atoms. The van der Waals surface area contributed by atoms with Crippen LogP contribution in [0.1, 0.15) is 26.7 Å². The predicted molar refractivity (Wildman–Crippen MR) is 62.6 cm³/mol. The third kappa shape index (κ3) is 1.49. The van der Waals surface area contributed by atoms with Gasteiger partial charge in [-0.1, -0.05) is 25.5 Å². The molecule has 3 heteroatoms. The van der Waals surface area contributed by atoms with Gasteiger partial charge in [0, 0.05) is 6.54 Å². The molecular weight excluding hydrogens is 202 g/mol. The van der Waals surface area contributed by atoms with Crippen molar-refractivity contribution in [3.05, 3.63) is 11.6 Å². The second-order valence-corrected chi connectivity index (χ2v) is 5.56. The highest BCUT2D eigenvalue weighted by atomic mass is 16.5. The van der Waals surface area contributed by atoms with E-state index in [-0.39, 0.29) is 11.9 Å². The van der Waals surface area contributed by atoms with Crippen molar-refractivity contribution in [1.82, 2.24) is 0 Å². The van der Waals surface area contributed by atoms with Crippen molar-refractivity contribution in [3.8, 4) is 0 Å². The number of allylic oxidation sites excluding steroid dienone is 1. The first-order valence-electron chi connectivity index (χ1n) is 6.00. The van der Waals surface area contributed by atoms with Crippen LogP contribution in [0.4, 0.5) is 0 Å². The van der Waals surface area contributed by atoms with Crippen molar-refractivity contribution < 1.29 is 9.53 Å². The Balaban J connectivity index is 2.21. The molecule has 3 unspecified atom stereocenters. The zero-order valence-electron chi connectivity index (χ0n) is 10.3. The number of fused-ring (bicyclic) bond motifs is 1. The summed E-state index contributed by atoms with van der Waals surface area (Å²) in [6, 6.07) is 0. The molecule has 0 aromatic carbocycles. The van der Waals surface area contributed by atoms with Gasteiger partial charge >= 0.3 is 5.97 Å². The lowest BCUT2D eigenvalue weighted by Crippen LogP contribution is -2.50. The lowest BCUT2D eigenvalue weighted by atomic mass is 9.47. The first-order valence-corrected chi connectivity index (χ1v) is 6.00. The summed E-state index contributed by atoms with van der Waals surface area (Å²) >= 11 is 0. The summed E-state index contributed by atoms with van der Waals surface area (Å²) in [7, 11) is 1.43. The van der Waals surface area contributed by atoms with E-state index >= 15 is 0 Å². The van der Waals surface area contributed by atoms with Crippen LogP contribution in [-0.2, 0) is 9.53 Å². The van der Waals surface area contributed by atoms with Gasteiger partial charge in [0.25, 0.3) is 0 Å². The van der Waals surface area contributed by atoms with Crippen molar-refractivity contribution in [3.63, 3.8) is 0 Å². The Morgan fingerprint density at radius 2 is 2.38 bits per heavy atom. The Morgan fingerprint density at radius 3 is 2.81 bits per heavy atom. The number of hydrogen-bond acceptors (Lipinski definition) is 3. The maximum atomic E-state index is 11.7. The van der Waals surface area contributed by atoms with Crippen LogP contribution in [0.5, 0.6) is 0 Å². The minimum atomic E-state index is -0.226. The minimum absolute atomic E-state index is 0.185. The van der Waals surface area contributed by atoms with Crippen LogP contribution in [0.25, 0.3) is 0 Å². The smallest absolute Gasteiger partial charge is 0.314 e. The van der Waals surface area contributed by atoms with Crippen LogP contribution in [0.15, 0.2) is 11.6 Å². The van der Waals surface area contributed by atoms with Crippen LogP contribution >= 0.6 is 0 Å². The second kappa shape index (κ2) is 3.88. The molecule has 0 spiro atoms. The van der Waals surface area contributed by atoms with Crippen LogP contribution in [0.3, 0.4) is 0 Å². The Kier molecular flexibility index (Phi) is 2.82. The minimum Gasteiger partial charge on any atom is -0.469 e. The average molecular weight is 223 g/mol. The largest absolute Gasteiger partial charge is 0.469 e. The molecule has 3 nitrogen and oxygen atoms in total. The first kappa shape index (κ1) is 11.6. The predicted octanol–water partition coefficient (Wildman–Crippen LogP) is 1.73. The van der Waals surface area contributed by atoms with Crippen molar-refractivity contribution in [2.75, 3.05) is 13.7 Å². The number of nitrogens with two attached hydrogens (primary N) is 1. The van der Waals surface area contributed by atoms with E-state index in [0.29, 0.717) is 17.9 Å². The fourth-order valence-electron chi connectivity index (χ4n) is 3.30. The molecule has 3 atom stereocenters. The van der Waals surface area contributed by atoms with Crippen molar-refractivity contribution >= 4 is 5.97 Å². The molecule has 1 saturated carbocycles. The highest BCUT2D eigenvalue weighted by Gasteiger charge is 2.53. The van der Waals surface area contributed by atoms with Crippen LogP contribution < -0.4 is 5.73 Å². The van der Waals surface area contributed by atoms with Gasteiger partial charge in [-0.2, -0.15) is 0 Å². The van der Waals surface area contributed by atoms with E-state index in [9.17, 15) is 4.79 Å². The lowest BCUT2D eigenvalue weighted by molar-refractivity contribution is -0.144. The number of ether oxygens (including phenoxy) is 1. The van der Waals surface area contributed by atoms with E-state index < -0.39 is 0 Å². The number of rotatable bonds is 3. The molecule has 0 saturated heterocycles. The van der Waals surface area contributed by atoms with Crippen LogP contribution in [0, 0.1) is 23.2 Å². The van der Waals surface area contributed by atoms with Gasteiger partial charge in [-0.05, 0) is 30.1 Å². The molecule has 1 fully saturated rings. The molecule has 3 aliphatic carbocycles. The van der Waals surface area contributed by atoms with Gasteiger partial charge < -0.3 is 10.5 Å². The van der Waals surface area contributed by atoms with E-state index in [1.807, 2.05) is 0 Å². The van der Waals surface area contributed by atoms with Crippen LogP contribution in [0.2, 0.25) is 0 Å². The van der Waals surface area contributed by atoms with Crippen molar-refractivity contribution in [2.24, 2.45) is 28.9 Å². The normalized spacial score (nSPS) is 32.4. The molecule has 16 heavy (non-hydrogen) atoms. The molecule has 0 radical (unpaired) electrons. The summed E-state index contributed by atoms with van der Waals surface area (Å²) in [6.07, 6.45) is 4.52. The third-order valence-corrected chi connectivity index (χ3v) is 4.63. The first-order chi connectivity index (χ1) is 7.52. The van der Waals surface area contributed by atoms with E-state index in [4.69, 9.17) is 10.5 Å². The Labute approximate surface area is 97.0 Å². The Morgan fingerprint density at radius 1 is 1.69 bits per heavy atom. The summed E-state index contributed by atoms with van der Waals surface area (Å²) in [5, 5.41) is 0. The maximum absolute atomic E-state index is 11.7. The molecule has 90 valence electrons. The van der Waals surface area contributed by atoms with Gasteiger partial charge in [-0.15, -0.1) is 0 Å². The molecule has 0 heterocycles. The van der Waals surface area contributed by atoms with E-state index in [1.54, 1.807) is 0 Å². The molecule has 0 aromatic rings. The fourth-order valence-corrected chi connectivity index (χ4v) is 3.30. The van der Waals surface area contributed by atoms with E-state index in [0.717, 1.165) is 12.3 Å². The highest BCUT2D eigenvalue weighted by Crippen LogP contribution is 2.60. The quantitative estimate of drug-likeness (QED) is 0.585. The summed E-state index contributed by atoms with van der Waals surface area (Å²) in [5.74, 6) is 0.904. The Bertz CT molecular complexity index is 333. The number of carbonyl (C=O) groups is 1. The third-order valence-electron chi connectivity index (χ3n) is 4.63. The van der Waals surface area contributed by atoms with Gasteiger partial charge in [0.2, 0.25) is 0 Å². The molecule has 3 rings (SSSR count). The zero-order chi connectivity index (χ0) is 11.9. The monoisotopic (exact) mass is 223 g/mol. The summed E-state index contributed by atoms with van der Waals surface area (Å²) in [4.78, 5) is 11.7. The van der Waals surface area contributed by atoms with Gasteiger partial charge in [-0.3, -0.25) is 4.79 Å².